The van der Waals surface area contributed by atoms with Gasteiger partial charge < -0.3 is 0 Å². The molecular weight excluding hydrogens is 265 g/mol. The molecule has 0 nitrogen and oxygen atoms in total. The van der Waals surface area contributed by atoms with Gasteiger partial charge in [-0.05, 0) is 38.3 Å². The molecule has 0 saturated carbocycles. The van der Waals surface area contributed by atoms with E-state index in [-0.39, 0.29) is 5.08 Å². The van der Waals surface area contributed by atoms with Gasteiger partial charge in [-0.2, -0.15) is 0 Å². The predicted molar refractivity (Wildman–Crippen MR) is 55.2 cm³/mol. The normalized spacial score (nSPS) is 17.6. The fourth-order valence-corrected chi connectivity index (χ4v) is 11.8. The van der Waals surface area contributed by atoms with Crippen LogP contribution in [0, 0.1) is 0 Å². The van der Waals surface area contributed by atoms with Gasteiger partial charge in [0.15, 0.2) is 0 Å². The quantitative estimate of drug-likeness (QED) is 0.666. The lowest BCUT2D eigenvalue weighted by molar-refractivity contribution is 2.20. The summed E-state index contributed by atoms with van der Waals surface area (Å²) in [4.78, 5) is 0. The van der Waals surface area contributed by atoms with Crippen LogP contribution in [0.25, 0.3) is 0 Å². The van der Waals surface area contributed by atoms with Crippen LogP contribution in [0.3, 0.4) is 0 Å². The maximum Gasteiger partial charge on any atom is 0.0716 e. The summed E-state index contributed by atoms with van der Waals surface area (Å²) in [6.45, 7) is 0. The first-order valence-electron chi connectivity index (χ1n) is 1.76. The minimum Gasteiger partial charge on any atom is -0.0760 e. The Hall–Kier alpha value is 2.15. The predicted octanol–water partition coefficient (Wildman–Crippen LogP) is 4.95. The van der Waals surface area contributed by atoms with Gasteiger partial charge in [0.25, 0.3) is 0 Å². The average Bonchev–Trinajstić information content (AvgIpc) is 1.14. The van der Waals surface area contributed by atoms with Gasteiger partial charge in [0.1, 0.15) is 0 Å². The molecule has 60 valence electrons. The molecule has 0 aromatic carbocycles. The number of halogens is 5. The largest absolute Gasteiger partial charge is 0.0760 e. The third kappa shape index (κ3) is 10.2. The third-order valence-corrected chi connectivity index (χ3v) is 7.07. The van der Waals surface area contributed by atoms with Crippen molar-refractivity contribution >= 4 is 69.5 Å². The van der Waals surface area contributed by atoms with Gasteiger partial charge in [-0.15, -0.1) is 0 Å². The van der Waals surface area contributed by atoms with E-state index in [4.69, 9.17) is 53.4 Å². The zero-order valence-corrected chi connectivity index (χ0v) is 9.83. The summed E-state index contributed by atoms with van der Waals surface area (Å²) in [5, 5.41) is 0.285. The van der Waals surface area contributed by atoms with Crippen LogP contribution in [0.4, 0.5) is 0 Å². The van der Waals surface area contributed by atoms with Crippen molar-refractivity contribution in [1.82, 2.24) is 0 Å². The van der Waals surface area contributed by atoms with Crippen LogP contribution in [-0.2, 0) is 0 Å². The van der Waals surface area contributed by atoms with Gasteiger partial charge in [-0.3, -0.25) is 0 Å². The Morgan fingerprint density at radius 1 is 1.00 bits per heavy atom. The molecular formula is C2H5Cl5S2. The molecule has 0 atom stereocenters. The Kier molecular flexibility index (Phi) is 4.59. The molecule has 0 saturated heterocycles. The van der Waals surface area contributed by atoms with E-state index >= 15 is 0 Å². The fraction of sp³-hybridized carbons (Fsp3) is 1.00. The van der Waals surface area contributed by atoms with E-state index in [0.29, 0.717) is 0 Å². The summed E-state index contributed by atoms with van der Waals surface area (Å²) in [5.41, 5.74) is 0. The number of hydrogen-bond acceptors (Lipinski definition) is 0. The second kappa shape index (κ2) is 3.70. The monoisotopic (exact) mass is 268 g/mol. The lowest BCUT2D eigenvalue weighted by Crippen LogP contribution is -1.85. The second-order valence-electron chi connectivity index (χ2n) is 1.49. The molecule has 9 heavy (non-hydrogen) atoms. The summed E-state index contributed by atoms with van der Waals surface area (Å²) in [5.74, 6) is 0. The molecule has 0 aliphatic carbocycles. The van der Waals surface area contributed by atoms with E-state index in [9.17, 15) is 0 Å². The molecule has 0 rings (SSSR count). The van der Waals surface area contributed by atoms with E-state index in [1.54, 1.807) is 6.26 Å². The van der Waals surface area contributed by atoms with Crippen molar-refractivity contribution < 1.29 is 0 Å². The summed E-state index contributed by atoms with van der Waals surface area (Å²) in [6.07, 6.45) is 1.67. The van der Waals surface area contributed by atoms with E-state index in [1.165, 1.54) is 0 Å². The van der Waals surface area contributed by atoms with Gasteiger partial charge in [0.2, 0.25) is 0 Å². The van der Waals surface area contributed by atoms with Gasteiger partial charge >= 0.3 is 0 Å². The minimum absolute atomic E-state index is 0.285. The van der Waals surface area contributed by atoms with Crippen LogP contribution in [0.15, 0.2) is 0 Å². The highest BCUT2D eigenvalue weighted by Crippen LogP contribution is 2.74. The first-order chi connectivity index (χ1) is 3.71. The highest BCUT2D eigenvalue weighted by molar-refractivity contribution is 8.86. The van der Waals surface area contributed by atoms with E-state index in [0.717, 1.165) is 0 Å². The van der Waals surface area contributed by atoms with Crippen molar-refractivity contribution in [2.45, 2.75) is 0 Å². The molecule has 0 bridgehead atoms. The summed E-state index contributed by atoms with van der Waals surface area (Å²) in [7, 11) is 23.9. The van der Waals surface area contributed by atoms with Crippen LogP contribution < -0.4 is 0 Å². The van der Waals surface area contributed by atoms with Crippen LogP contribution in [0.5, 0.6) is 0 Å². The SMILES string of the molecule is CS(Cl)(Cl)CS(Cl)(Cl)Cl. The lowest BCUT2D eigenvalue weighted by Gasteiger charge is -2.25. The Labute approximate surface area is 80.3 Å². The van der Waals surface area contributed by atoms with Crippen LogP contribution in [0.2, 0.25) is 0 Å². The summed E-state index contributed by atoms with van der Waals surface area (Å²) < 4.78 is 0. The van der Waals surface area contributed by atoms with Crippen molar-refractivity contribution in [2.75, 3.05) is 11.3 Å². The average molecular weight is 270 g/mol. The lowest BCUT2D eigenvalue weighted by atomic mass is 11.9. The molecule has 0 spiro atoms. The molecule has 0 radical (unpaired) electrons. The van der Waals surface area contributed by atoms with Crippen LogP contribution >= 0.6 is 69.5 Å². The molecule has 0 heterocycles. The second-order valence-corrected chi connectivity index (χ2v) is 15.9. The molecule has 0 aliphatic heterocycles. The van der Waals surface area contributed by atoms with Crippen molar-refractivity contribution in [1.29, 1.82) is 0 Å². The van der Waals surface area contributed by atoms with Crippen LogP contribution in [0.1, 0.15) is 0 Å². The Bertz CT molecular complexity index is 78.1. The topological polar surface area (TPSA) is 0 Å². The van der Waals surface area contributed by atoms with E-state index in [1.807, 2.05) is 0 Å². The molecule has 0 fully saturated rings. The molecule has 0 aliphatic rings. The molecule has 0 aromatic heterocycles. The molecule has 7 heteroatoms. The van der Waals surface area contributed by atoms with E-state index in [2.05, 4.69) is 0 Å². The van der Waals surface area contributed by atoms with Gasteiger partial charge in [0.05, 0.1) is 5.08 Å². The molecule has 0 amide bonds. The van der Waals surface area contributed by atoms with Crippen molar-refractivity contribution in [2.24, 2.45) is 0 Å². The maximum absolute atomic E-state index is 5.63. The first kappa shape index (κ1) is 11.2. The number of rotatable bonds is 2. The minimum atomic E-state index is -2.09. The van der Waals surface area contributed by atoms with Crippen LogP contribution in [-0.4, -0.2) is 11.3 Å². The highest BCUT2D eigenvalue weighted by atomic mass is 36.2. The summed E-state index contributed by atoms with van der Waals surface area (Å²) >= 11 is 0. The fourth-order valence-electron chi connectivity index (χ4n) is 0.235. The Morgan fingerprint density at radius 3 is 1.33 bits per heavy atom. The Balaban J connectivity index is 3.75. The summed E-state index contributed by atoms with van der Waals surface area (Å²) in [6, 6.07) is 0. The first-order valence-corrected chi connectivity index (χ1v) is 9.90. The number of hydrogen-bond donors (Lipinski definition) is 0. The molecule has 0 aromatic rings. The maximum atomic E-state index is 5.63. The van der Waals surface area contributed by atoms with Gasteiger partial charge in [-0.1, -0.05) is 29.8 Å². The van der Waals surface area contributed by atoms with Crippen molar-refractivity contribution in [3.05, 3.63) is 0 Å². The van der Waals surface area contributed by atoms with Crippen molar-refractivity contribution in [3.8, 4) is 0 Å². The standard InChI is InChI=1S/C2H5Cl5S2/c1-8(3,4)2-9(5,6)7/h2H2,1H3. The van der Waals surface area contributed by atoms with E-state index < -0.39 is 16.1 Å². The molecule has 0 unspecified atom stereocenters. The smallest absolute Gasteiger partial charge is 0.0716 e. The molecule has 0 N–H and O–H groups in total. The van der Waals surface area contributed by atoms with Crippen molar-refractivity contribution in [3.63, 3.8) is 0 Å². The third-order valence-electron chi connectivity index (χ3n) is 0.341. The zero-order chi connectivity index (χ0) is 7.71. The van der Waals surface area contributed by atoms with Gasteiger partial charge in [0, 0.05) is 7.67 Å². The van der Waals surface area contributed by atoms with Gasteiger partial charge in [-0.25, -0.2) is 0 Å². The highest BCUT2D eigenvalue weighted by Gasteiger charge is 2.23. The zero-order valence-electron chi connectivity index (χ0n) is 4.41. The Morgan fingerprint density at radius 2 is 1.33 bits per heavy atom.